The van der Waals surface area contributed by atoms with Crippen LogP contribution in [-0.4, -0.2) is 42.4 Å². The summed E-state index contributed by atoms with van der Waals surface area (Å²) in [5, 5.41) is 0.974. The molecule has 4 heteroatoms. The lowest BCUT2D eigenvalue weighted by molar-refractivity contribution is -0.129. The van der Waals surface area contributed by atoms with Gasteiger partial charge in [0.05, 0.1) is 0 Å². The summed E-state index contributed by atoms with van der Waals surface area (Å²) in [6.45, 7) is 5.67. The Balaban J connectivity index is 1.98. The molecule has 1 amide bonds. The highest BCUT2D eigenvalue weighted by Gasteiger charge is 2.37. The molecule has 0 aromatic heterocycles. The van der Waals surface area contributed by atoms with E-state index in [9.17, 15) is 4.79 Å². The summed E-state index contributed by atoms with van der Waals surface area (Å²) < 4.78 is 5.41. The number of likely N-dealkylation sites (tertiary alicyclic amines) is 1. The predicted molar refractivity (Wildman–Crippen MR) is 66.6 cm³/mol. The summed E-state index contributed by atoms with van der Waals surface area (Å²) in [5.41, 5.74) is 0.248. The van der Waals surface area contributed by atoms with Gasteiger partial charge < -0.3 is 9.64 Å². The maximum Gasteiger partial charge on any atom is 0.222 e. The average molecular weight is 290 g/mol. The lowest BCUT2D eigenvalue weighted by atomic mass is 9.82. The van der Waals surface area contributed by atoms with Crippen LogP contribution >= 0.6 is 15.9 Å². The van der Waals surface area contributed by atoms with Gasteiger partial charge in [0, 0.05) is 43.5 Å². The lowest BCUT2D eigenvalue weighted by Gasteiger charge is -2.38. The van der Waals surface area contributed by atoms with Gasteiger partial charge in [0.25, 0.3) is 0 Å². The first-order valence-corrected chi connectivity index (χ1v) is 7.19. The van der Waals surface area contributed by atoms with Gasteiger partial charge in [-0.05, 0) is 18.8 Å². The molecule has 3 nitrogen and oxygen atoms in total. The van der Waals surface area contributed by atoms with Crippen LogP contribution in [0.25, 0.3) is 0 Å². The molecule has 0 N–H and O–H groups in total. The molecule has 16 heavy (non-hydrogen) atoms. The Hall–Kier alpha value is -0.0900. The number of hydrogen-bond donors (Lipinski definition) is 0. The van der Waals surface area contributed by atoms with Crippen LogP contribution < -0.4 is 0 Å². The van der Waals surface area contributed by atoms with Crippen LogP contribution in [0.4, 0.5) is 0 Å². The second kappa shape index (κ2) is 5.05. The van der Waals surface area contributed by atoms with Gasteiger partial charge in [-0.2, -0.15) is 0 Å². The molecule has 2 heterocycles. The minimum atomic E-state index is 0.248. The van der Waals surface area contributed by atoms with Crippen LogP contribution in [-0.2, 0) is 9.53 Å². The molecule has 0 bridgehead atoms. The van der Waals surface area contributed by atoms with E-state index in [1.54, 1.807) is 0 Å². The molecule has 2 aliphatic heterocycles. The lowest BCUT2D eigenvalue weighted by Crippen LogP contribution is -2.43. The maximum atomic E-state index is 11.8. The molecular weight excluding hydrogens is 270 g/mol. The fourth-order valence-electron chi connectivity index (χ4n) is 2.67. The molecule has 2 aliphatic rings. The minimum Gasteiger partial charge on any atom is -0.381 e. The third-order valence-corrected chi connectivity index (χ3v) is 4.96. The van der Waals surface area contributed by atoms with Gasteiger partial charge in [0.1, 0.15) is 0 Å². The first-order chi connectivity index (χ1) is 7.65. The van der Waals surface area contributed by atoms with Gasteiger partial charge in [-0.3, -0.25) is 4.79 Å². The highest BCUT2D eigenvalue weighted by molar-refractivity contribution is 9.09. The number of amides is 1. The Morgan fingerprint density at radius 3 is 2.69 bits per heavy atom. The molecule has 0 saturated carbocycles. The van der Waals surface area contributed by atoms with Crippen molar-refractivity contribution in [2.75, 3.05) is 31.6 Å². The van der Waals surface area contributed by atoms with Crippen LogP contribution in [0, 0.1) is 11.3 Å². The van der Waals surface area contributed by atoms with Crippen LogP contribution in [0.15, 0.2) is 0 Å². The van der Waals surface area contributed by atoms with Crippen molar-refractivity contribution in [2.45, 2.75) is 26.2 Å². The Bertz CT molecular complexity index is 264. The third kappa shape index (κ3) is 2.59. The molecule has 0 radical (unpaired) electrons. The van der Waals surface area contributed by atoms with Gasteiger partial charge in [-0.15, -0.1) is 0 Å². The van der Waals surface area contributed by atoms with Crippen molar-refractivity contribution in [2.24, 2.45) is 11.3 Å². The normalized spacial score (nSPS) is 29.8. The predicted octanol–water partition coefficient (Wildman–Crippen LogP) is 2.05. The number of halogens is 1. The quantitative estimate of drug-likeness (QED) is 0.745. The number of carbonyl (C=O) groups excluding carboxylic acids is 1. The fraction of sp³-hybridized carbons (Fsp3) is 0.917. The zero-order valence-electron chi connectivity index (χ0n) is 9.88. The highest BCUT2D eigenvalue weighted by atomic mass is 79.9. The smallest absolute Gasteiger partial charge is 0.222 e. The van der Waals surface area contributed by atoms with Crippen molar-refractivity contribution in [3.05, 3.63) is 0 Å². The summed E-state index contributed by atoms with van der Waals surface area (Å²) >= 11 is 3.62. The Labute approximate surface area is 106 Å². The Kier molecular flexibility index (Phi) is 3.90. The molecule has 0 spiro atoms. The zero-order valence-corrected chi connectivity index (χ0v) is 11.5. The van der Waals surface area contributed by atoms with E-state index >= 15 is 0 Å². The van der Waals surface area contributed by atoms with Crippen LogP contribution in [0.2, 0.25) is 0 Å². The van der Waals surface area contributed by atoms with E-state index in [1.165, 1.54) is 0 Å². The number of carbonyl (C=O) groups is 1. The van der Waals surface area contributed by atoms with Crippen molar-refractivity contribution in [1.82, 2.24) is 4.90 Å². The van der Waals surface area contributed by atoms with Crippen LogP contribution in [0.3, 0.4) is 0 Å². The summed E-state index contributed by atoms with van der Waals surface area (Å²) in [6.07, 6.45) is 2.86. The first kappa shape index (κ1) is 12.4. The molecule has 0 aliphatic carbocycles. The molecule has 2 saturated heterocycles. The van der Waals surface area contributed by atoms with Crippen LogP contribution in [0.5, 0.6) is 0 Å². The molecule has 0 aromatic carbocycles. The average Bonchev–Trinajstić information content (AvgIpc) is 2.59. The standard InChI is InChI=1S/C12H20BrNO2/c1-10-6-11(15)14(7-10)9-12(8-13)2-4-16-5-3-12/h10H,2-9H2,1H3. The number of rotatable bonds is 3. The maximum absolute atomic E-state index is 11.8. The second-order valence-electron chi connectivity index (χ2n) is 5.33. The molecule has 2 rings (SSSR count). The molecule has 0 aromatic rings. The second-order valence-corrected chi connectivity index (χ2v) is 5.89. The first-order valence-electron chi connectivity index (χ1n) is 6.07. The molecule has 2 fully saturated rings. The third-order valence-electron chi connectivity index (χ3n) is 3.77. The molecular formula is C12H20BrNO2. The van der Waals surface area contributed by atoms with Crippen molar-refractivity contribution < 1.29 is 9.53 Å². The summed E-state index contributed by atoms with van der Waals surface area (Å²) in [7, 11) is 0. The van der Waals surface area contributed by atoms with Crippen molar-refractivity contribution in [3.63, 3.8) is 0 Å². The Morgan fingerprint density at radius 2 is 2.19 bits per heavy atom. The van der Waals surface area contributed by atoms with Gasteiger partial charge in [-0.1, -0.05) is 22.9 Å². The van der Waals surface area contributed by atoms with Gasteiger partial charge in [-0.25, -0.2) is 0 Å². The highest BCUT2D eigenvalue weighted by Crippen LogP contribution is 2.35. The van der Waals surface area contributed by atoms with Gasteiger partial charge >= 0.3 is 0 Å². The van der Waals surface area contributed by atoms with E-state index in [1.807, 2.05) is 0 Å². The Morgan fingerprint density at radius 1 is 1.50 bits per heavy atom. The summed E-state index contributed by atoms with van der Waals surface area (Å²) in [4.78, 5) is 13.8. The molecule has 1 atom stereocenters. The van der Waals surface area contributed by atoms with E-state index < -0.39 is 0 Å². The largest absolute Gasteiger partial charge is 0.381 e. The van der Waals surface area contributed by atoms with Crippen LogP contribution in [0.1, 0.15) is 26.2 Å². The summed E-state index contributed by atoms with van der Waals surface area (Å²) in [5.74, 6) is 0.860. The van der Waals surface area contributed by atoms with E-state index in [-0.39, 0.29) is 5.41 Å². The number of hydrogen-bond acceptors (Lipinski definition) is 2. The number of ether oxygens (including phenoxy) is 1. The van der Waals surface area contributed by atoms with Gasteiger partial charge in [0.2, 0.25) is 5.91 Å². The van der Waals surface area contributed by atoms with E-state index in [0.29, 0.717) is 11.8 Å². The van der Waals surface area contributed by atoms with Crippen molar-refractivity contribution >= 4 is 21.8 Å². The van der Waals surface area contributed by atoms with Gasteiger partial charge in [0.15, 0.2) is 0 Å². The van der Waals surface area contributed by atoms with E-state index in [2.05, 4.69) is 27.8 Å². The number of alkyl halides is 1. The topological polar surface area (TPSA) is 29.5 Å². The minimum absolute atomic E-state index is 0.248. The van der Waals surface area contributed by atoms with E-state index in [0.717, 1.165) is 50.9 Å². The fourth-order valence-corrected chi connectivity index (χ4v) is 3.40. The zero-order chi connectivity index (χ0) is 11.6. The van der Waals surface area contributed by atoms with Crippen molar-refractivity contribution in [3.8, 4) is 0 Å². The molecule has 92 valence electrons. The number of nitrogens with zero attached hydrogens (tertiary/aromatic N) is 1. The summed E-state index contributed by atoms with van der Waals surface area (Å²) in [6, 6.07) is 0. The van der Waals surface area contributed by atoms with E-state index in [4.69, 9.17) is 4.74 Å². The molecule has 1 unspecified atom stereocenters. The van der Waals surface area contributed by atoms with Crippen molar-refractivity contribution in [1.29, 1.82) is 0 Å². The monoisotopic (exact) mass is 289 g/mol. The SMILES string of the molecule is CC1CC(=O)N(CC2(CBr)CCOCC2)C1.